The molecule has 0 unspecified atom stereocenters. The lowest BCUT2D eigenvalue weighted by atomic mass is 10.1. The van der Waals surface area contributed by atoms with Crippen molar-refractivity contribution < 1.29 is 4.79 Å². The van der Waals surface area contributed by atoms with Gasteiger partial charge in [0.25, 0.3) is 0 Å². The first-order chi connectivity index (χ1) is 12.1. The number of unbranched alkanes of at least 4 members (excludes halogenated alkanes) is 11. The van der Waals surface area contributed by atoms with Crippen LogP contribution in [0.1, 0.15) is 118 Å². The first-order valence-corrected chi connectivity index (χ1v) is 11.0. The Balaban J connectivity index is 0. The van der Waals surface area contributed by atoms with E-state index in [9.17, 15) is 4.79 Å². The normalized spacial score (nSPS) is 10.3. The molecule has 150 valence electrons. The maximum Gasteiger partial charge on any atom is 0.220 e. The molecule has 0 bridgehead atoms. The Kier molecular flexibility index (Phi) is 24.5. The van der Waals surface area contributed by atoms with E-state index in [1.54, 1.807) is 0 Å². The van der Waals surface area contributed by atoms with Crippen LogP contribution in [-0.4, -0.2) is 12.5 Å². The average molecular weight is 354 g/mol. The van der Waals surface area contributed by atoms with Crippen LogP contribution in [0, 0.1) is 5.92 Å². The Labute approximate surface area is 159 Å². The van der Waals surface area contributed by atoms with Crippen molar-refractivity contribution in [2.75, 3.05) is 6.54 Å². The largest absolute Gasteiger partial charge is 0.356 e. The molecule has 0 heterocycles. The summed E-state index contributed by atoms with van der Waals surface area (Å²) < 4.78 is 0. The molecule has 0 aliphatic rings. The third kappa shape index (κ3) is 28.3. The molecule has 0 aliphatic carbocycles. The lowest BCUT2D eigenvalue weighted by Crippen LogP contribution is -2.25. The summed E-state index contributed by atoms with van der Waals surface area (Å²) in [6, 6.07) is 0. The van der Waals surface area contributed by atoms with E-state index in [1.807, 2.05) is 6.08 Å². The Morgan fingerprint density at radius 2 is 1.24 bits per heavy atom. The molecule has 0 atom stereocenters. The Bertz CT molecular complexity index is 273. The second kappa shape index (κ2) is 23.2. The summed E-state index contributed by atoms with van der Waals surface area (Å²) >= 11 is 0. The molecule has 1 amide bonds. The van der Waals surface area contributed by atoms with Crippen molar-refractivity contribution in [2.45, 2.75) is 118 Å². The van der Waals surface area contributed by atoms with Crippen LogP contribution in [0.15, 0.2) is 12.7 Å². The zero-order chi connectivity index (χ0) is 19.2. The topological polar surface area (TPSA) is 29.1 Å². The number of carbonyl (C=O) groups excluding carboxylic acids is 1. The van der Waals surface area contributed by atoms with Gasteiger partial charge in [0.1, 0.15) is 0 Å². The standard InChI is InChI=1S/C19H39NO.C4H8/c1-4-5-6-7-8-9-10-11-12-13-14-15-16-20-19(21)17-18(2)3;1-3-4-2/h18H,4-17H2,1-3H3,(H,20,21);3H,1,4H2,2H3. The highest BCUT2D eigenvalue weighted by Crippen LogP contribution is 2.11. The SMILES string of the molecule is C=CCC.CCCCCCCCCCCCCCNC(=O)CC(C)C. The minimum atomic E-state index is 0.216. The summed E-state index contributed by atoms with van der Waals surface area (Å²) in [4.78, 5) is 11.4. The molecule has 2 nitrogen and oxygen atoms in total. The van der Waals surface area contributed by atoms with Gasteiger partial charge in [-0.2, -0.15) is 0 Å². The lowest BCUT2D eigenvalue weighted by molar-refractivity contribution is -0.121. The quantitative estimate of drug-likeness (QED) is 0.227. The van der Waals surface area contributed by atoms with Gasteiger partial charge in [0.2, 0.25) is 5.91 Å². The first-order valence-electron chi connectivity index (χ1n) is 11.0. The predicted molar refractivity (Wildman–Crippen MR) is 114 cm³/mol. The summed E-state index contributed by atoms with van der Waals surface area (Å²) in [5, 5.41) is 3.01. The molecule has 0 spiro atoms. The second-order valence-electron chi connectivity index (χ2n) is 7.53. The van der Waals surface area contributed by atoms with Gasteiger partial charge in [-0.15, -0.1) is 6.58 Å². The highest BCUT2D eigenvalue weighted by Gasteiger charge is 2.02. The van der Waals surface area contributed by atoms with Crippen molar-refractivity contribution in [1.29, 1.82) is 0 Å². The molecule has 0 aromatic carbocycles. The average Bonchev–Trinajstić information content (AvgIpc) is 2.58. The van der Waals surface area contributed by atoms with Crippen molar-refractivity contribution in [3.05, 3.63) is 12.7 Å². The zero-order valence-corrected chi connectivity index (χ0v) is 17.9. The molecule has 0 aromatic rings. The molecule has 0 fully saturated rings. The minimum absolute atomic E-state index is 0.216. The molecule has 0 aromatic heterocycles. The van der Waals surface area contributed by atoms with E-state index < -0.39 is 0 Å². The van der Waals surface area contributed by atoms with Crippen LogP contribution >= 0.6 is 0 Å². The minimum Gasteiger partial charge on any atom is -0.356 e. The Morgan fingerprint density at radius 3 is 1.60 bits per heavy atom. The van der Waals surface area contributed by atoms with Gasteiger partial charge in [-0.25, -0.2) is 0 Å². The van der Waals surface area contributed by atoms with E-state index in [-0.39, 0.29) is 5.91 Å². The fourth-order valence-electron chi connectivity index (χ4n) is 2.64. The van der Waals surface area contributed by atoms with Gasteiger partial charge in [-0.1, -0.05) is 104 Å². The number of allylic oxidation sites excluding steroid dienone is 1. The number of nitrogens with one attached hydrogen (secondary N) is 1. The fraction of sp³-hybridized carbons (Fsp3) is 0.870. The van der Waals surface area contributed by atoms with Gasteiger partial charge in [0.05, 0.1) is 0 Å². The third-order valence-corrected chi connectivity index (χ3v) is 4.23. The number of hydrogen-bond acceptors (Lipinski definition) is 1. The number of rotatable bonds is 16. The second-order valence-corrected chi connectivity index (χ2v) is 7.53. The molecular formula is C23H47NO. The van der Waals surface area contributed by atoms with Crippen LogP contribution in [-0.2, 0) is 4.79 Å². The molecule has 0 saturated heterocycles. The summed E-state index contributed by atoms with van der Waals surface area (Å²) in [6.45, 7) is 12.9. The molecule has 0 aliphatic heterocycles. The van der Waals surface area contributed by atoms with Crippen LogP contribution in [0.25, 0.3) is 0 Å². The highest BCUT2D eigenvalue weighted by molar-refractivity contribution is 5.75. The number of amides is 1. The van der Waals surface area contributed by atoms with Crippen LogP contribution in [0.4, 0.5) is 0 Å². The van der Waals surface area contributed by atoms with E-state index in [4.69, 9.17) is 0 Å². The molecule has 25 heavy (non-hydrogen) atoms. The van der Waals surface area contributed by atoms with E-state index in [0.29, 0.717) is 12.3 Å². The van der Waals surface area contributed by atoms with Crippen LogP contribution < -0.4 is 5.32 Å². The predicted octanol–water partition coefficient (Wildman–Crippen LogP) is 7.43. The molecule has 1 N–H and O–H groups in total. The maximum atomic E-state index is 11.4. The van der Waals surface area contributed by atoms with Gasteiger partial charge >= 0.3 is 0 Å². The van der Waals surface area contributed by atoms with Crippen molar-refractivity contribution >= 4 is 5.91 Å². The highest BCUT2D eigenvalue weighted by atomic mass is 16.1. The van der Waals surface area contributed by atoms with Crippen LogP contribution in [0.5, 0.6) is 0 Å². The molecule has 0 saturated carbocycles. The number of hydrogen-bond donors (Lipinski definition) is 1. The lowest BCUT2D eigenvalue weighted by Gasteiger charge is -2.07. The monoisotopic (exact) mass is 353 g/mol. The van der Waals surface area contributed by atoms with Crippen LogP contribution in [0.2, 0.25) is 0 Å². The Hall–Kier alpha value is -0.790. The summed E-state index contributed by atoms with van der Waals surface area (Å²) in [5.74, 6) is 0.681. The van der Waals surface area contributed by atoms with Crippen molar-refractivity contribution in [1.82, 2.24) is 5.32 Å². The molecule has 0 radical (unpaired) electrons. The Morgan fingerprint density at radius 1 is 0.840 bits per heavy atom. The van der Waals surface area contributed by atoms with Gasteiger partial charge in [-0.3, -0.25) is 4.79 Å². The first kappa shape index (κ1) is 26.4. The van der Waals surface area contributed by atoms with Gasteiger partial charge in [0.15, 0.2) is 0 Å². The smallest absolute Gasteiger partial charge is 0.220 e. The molecule has 0 rings (SSSR count). The molecular weight excluding hydrogens is 306 g/mol. The van der Waals surface area contributed by atoms with Crippen molar-refractivity contribution in [3.63, 3.8) is 0 Å². The zero-order valence-electron chi connectivity index (χ0n) is 17.9. The summed E-state index contributed by atoms with van der Waals surface area (Å²) in [7, 11) is 0. The van der Waals surface area contributed by atoms with E-state index >= 15 is 0 Å². The van der Waals surface area contributed by atoms with Gasteiger partial charge < -0.3 is 5.32 Å². The summed E-state index contributed by atoms with van der Waals surface area (Å²) in [6.07, 6.45) is 20.0. The van der Waals surface area contributed by atoms with Gasteiger partial charge in [-0.05, 0) is 18.8 Å². The summed E-state index contributed by atoms with van der Waals surface area (Å²) in [5.41, 5.74) is 0. The van der Waals surface area contributed by atoms with E-state index in [2.05, 4.69) is 39.6 Å². The number of carbonyl (C=O) groups is 1. The van der Waals surface area contributed by atoms with E-state index in [0.717, 1.165) is 19.4 Å². The van der Waals surface area contributed by atoms with E-state index in [1.165, 1.54) is 70.6 Å². The fourth-order valence-corrected chi connectivity index (χ4v) is 2.64. The maximum absolute atomic E-state index is 11.4. The third-order valence-electron chi connectivity index (χ3n) is 4.23. The van der Waals surface area contributed by atoms with Crippen molar-refractivity contribution in [3.8, 4) is 0 Å². The van der Waals surface area contributed by atoms with Crippen molar-refractivity contribution in [2.24, 2.45) is 5.92 Å². The van der Waals surface area contributed by atoms with Gasteiger partial charge in [0, 0.05) is 13.0 Å². The molecule has 2 heteroatoms. The van der Waals surface area contributed by atoms with Crippen LogP contribution in [0.3, 0.4) is 0 Å².